The minimum Gasteiger partial charge on any atom is -0.306 e. The molecule has 21 heavy (non-hydrogen) atoms. The van der Waals surface area contributed by atoms with Gasteiger partial charge in [-0.25, -0.2) is 5.01 Å². The molecule has 2 N–H and O–H groups in total. The minimum absolute atomic E-state index is 0.635. The molecule has 3 aliphatic rings. The summed E-state index contributed by atoms with van der Waals surface area (Å²) in [5.41, 5.74) is 0. The lowest BCUT2D eigenvalue weighted by atomic mass is 9.79. The Morgan fingerprint density at radius 2 is 1.62 bits per heavy atom. The van der Waals surface area contributed by atoms with Crippen molar-refractivity contribution < 1.29 is 0 Å². The molecule has 2 saturated heterocycles. The van der Waals surface area contributed by atoms with Gasteiger partial charge in [-0.3, -0.25) is 10.7 Å². The quantitative estimate of drug-likeness (QED) is 0.596. The number of nitrogens with zero attached hydrogens (tertiary/aromatic N) is 4. The third kappa shape index (κ3) is 3.96. The molecule has 0 atom stereocenters. The van der Waals surface area contributed by atoms with Crippen molar-refractivity contribution in [3.05, 3.63) is 0 Å². The Labute approximate surface area is 130 Å². The molecule has 1 aliphatic carbocycles. The molecular weight excluding hydrogens is 262 g/mol. The zero-order valence-electron chi connectivity index (χ0n) is 13.9. The number of hydrogen-bond acceptors (Lipinski definition) is 5. The largest absolute Gasteiger partial charge is 0.306 e. The molecule has 2 heterocycles. The second-order valence-electron chi connectivity index (χ2n) is 7.53. The van der Waals surface area contributed by atoms with Crippen LogP contribution in [0.15, 0.2) is 0 Å². The first-order chi connectivity index (χ1) is 10.1. The molecule has 0 spiro atoms. The molecule has 0 bridgehead atoms. The van der Waals surface area contributed by atoms with E-state index in [1.54, 1.807) is 0 Å². The first-order valence-electron chi connectivity index (χ1n) is 8.74. The molecule has 0 unspecified atom stereocenters. The van der Waals surface area contributed by atoms with Crippen molar-refractivity contribution in [3.63, 3.8) is 0 Å². The Morgan fingerprint density at radius 1 is 1.00 bits per heavy atom. The third-order valence-corrected chi connectivity index (χ3v) is 5.91. The van der Waals surface area contributed by atoms with E-state index < -0.39 is 0 Å². The molecule has 0 aromatic carbocycles. The first kappa shape index (κ1) is 15.7. The van der Waals surface area contributed by atoms with Crippen LogP contribution in [0.3, 0.4) is 0 Å². The number of piperazine rings is 1. The summed E-state index contributed by atoms with van der Waals surface area (Å²) in [7, 11) is 4.25. The third-order valence-electron chi connectivity index (χ3n) is 5.91. The molecule has 2 aliphatic heterocycles. The Kier molecular flexibility index (Phi) is 5.17. The summed E-state index contributed by atoms with van der Waals surface area (Å²) in [6.07, 6.45) is 5.32. The van der Waals surface area contributed by atoms with Crippen molar-refractivity contribution in [2.24, 2.45) is 11.8 Å². The fraction of sp³-hybridized carbons (Fsp3) is 1.00. The van der Waals surface area contributed by atoms with Gasteiger partial charge in [0, 0.05) is 51.9 Å². The van der Waals surface area contributed by atoms with Crippen molar-refractivity contribution in [3.8, 4) is 0 Å². The van der Waals surface area contributed by atoms with E-state index in [0.717, 1.165) is 12.0 Å². The Hall–Kier alpha value is -0.200. The van der Waals surface area contributed by atoms with E-state index in [9.17, 15) is 0 Å². The van der Waals surface area contributed by atoms with E-state index in [2.05, 4.69) is 21.7 Å². The van der Waals surface area contributed by atoms with E-state index in [-0.39, 0.29) is 0 Å². The highest BCUT2D eigenvalue weighted by atomic mass is 15.4. The average Bonchev–Trinajstić information content (AvgIpc) is 2.43. The van der Waals surface area contributed by atoms with E-state index >= 15 is 0 Å². The van der Waals surface area contributed by atoms with Gasteiger partial charge in [-0.15, -0.1) is 0 Å². The van der Waals surface area contributed by atoms with Crippen LogP contribution >= 0.6 is 0 Å². The fourth-order valence-corrected chi connectivity index (χ4v) is 4.22. The van der Waals surface area contributed by atoms with Crippen LogP contribution < -0.4 is 5.84 Å². The van der Waals surface area contributed by atoms with E-state index in [1.807, 2.05) is 12.1 Å². The summed E-state index contributed by atoms with van der Waals surface area (Å²) in [5, 5.41) is 1.90. The van der Waals surface area contributed by atoms with Gasteiger partial charge < -0.3 is 9.80 Å². The first-order valence-corrected chi connectivity index (χ1v) is 8.74. The van der Waals surface area contributed by atoms with E-state index in [4.69, 9.17) is 5.84 Å². The Balaban J connectivity index is 1.34. The summed E-state index contributed by atoms with van der Waals surface area (Å²) in [5.74, 6) is 6.70. The van der Waals surface area contributed by atoms with Crippen LogP contribution in [-0.4, -0.2) is 91.7 Å². The molecule has 5 nitrogen and oxygen atoms in total. The maximum absolute atomic E-state index is 5.81. The van der Waals surface area contributed by atoms with Gasteiger partial charge >= 0.3 is 0 Å². The van der Waals surface area contributed by atoms with Gasteiger partial charge in [0.25, 0.3) is 0 Å². The maximum atomic E-state index is 5.81. The van der Waals surface area contributed by atoms with Crippen LogP contribution in [0.5, 0.6) is 0 Å². The average molecular weight is 295 g/mol. The van der Waals surface area contributed by atoms with E-state index in [0.29, 0.717) is 6.04 Å². The molecular formula is C16H33N5. The van der Waals surface area contributed by atoms with Crippen LogP contribution in [0.2, 0.25) is 0 Å². The number of nitrogens with two attached hydrogens (primary N) is 1. The lowest BCUT2D eigenvalue weighted by molar-refractivity contribution is 0.0319. The van der Waals surface area contributed by atoms with Gasteiger partial charge in [0.1, 0.15) is 0 Å². The predicted octanol–water partition coefficient (Wildman–Crippen LogP) is 0.282. The molecule has 3 rings (SSSR count). The van der Waals surface area contributed by atoms with Gasteiger partial charge in [-0.05, 0) is 51.7 Å². The number of piperidine rings is 1. The highest BCUT2D eigenvalue weighted by Crippen LogP contribution is 2.31. The number of rotatable bonds is 4. The molecule has 1 saturated carbocycles. The monoisotopic (exact) mass is 295 g/mol. The normalized spacial score (nSPS) is 34.3. The van der Waals surface area contributed by atoms with Crippen LogP contribution in [0, 0.1) is 5.92 Å². The Morgan fingerprint density at radius 3 is 2.19 bits per heavy atom. The van der Waals surface area contributed by atoms with E-state index in [1.165, 1.54) is 71.5 Å². The SMILES string of the molecule is CN1CCC(N2CCN(C[C@H]3C[C@@H](N(C)N)C3)CC2)CC1. The van der Waals surface area contributed by atoms with Gasteiger partial charge in [0.15, 0.2) is 0 Å². The Bertz CT molecular complexity index is 313. The summed E-state index contributed by atoms with van der Waals surface area (Å²) in [4.78, 5) is 7.90. The van der Waals surface area contributed by atoms with Crippen LogP contribution in [0.1, 0.15) is 25.7 Å². The highest BCUT2D eigenvalue weighted by Gasteiger charge is 2.33. The zero-order valence-corrected chi connectivity index (χ0v) is 13.9. The van der Waals surface area contributed by atoms with Crippen molar-refractivity contribution in [2.75, 3.05) is 59.9 Å². The molecule has 0 amide bonds. The fourth-order valence-electron chi connectivity index (χ4n) is 4.22. The summed E-state index contributed by atoms with van der Waals surface area (Å²) in [6, 6.07) is 1.48. The molecule has 3 fully saturated rings. The van der Waals surface area contributed by atoms with Crippen molar-refractivity contribution in [1.82, 2.24) is 19.7 Å². The highest BCUT2D eigenvalue weighted by molar-refractivity contribution is 4.88. The number of likely N-dealkylation sites (tertiary alicyclic amines) is 1. The second kappa shape index (κ2) is 6.92. The molecule has 0 radical (unpaired) electrons. The van der Waals surface area contributed by atoms with Gasteiger partial charge in [0.05, 0.1) is 0 Å². The number of hydrazine groups is 1. The van der Waals surface area contributed by atoms with Gasteiger partial charge in [-0.2, -0.15) is 0 Å². The second-order valence-corrected chi connectivity index (χ2v) is 7.53. The summed E-state index contributed by atoms with van der Waals surface area (Å²) in [6.45, 7) is 8.95. The molecule has 0 aromatic rings. The van der Waals surface area contributed by atoms with Crippen molar-refractivity contribution >= 4 is 0 Å². The van der Waals surface area contributed by atoms with Crippen LogP contribution in [0.4, 0.5) is 0 Å². The number of hydrogen-bond donors (Lipinski definition) is 1. The van der Waals surface area contributed by atoms with Crippen LogP contribution in [-0.2, 0) is 0 Å². The predicted molar refractivity (Wildman–Crippen MR) is 87.0 cm³/mol. The molecule has 0 aromatic heterocycles. The lowest BCUT2D eigenvalue weighted by Gasteiger charge is -2.45. The summed E-state index contributed by atoms with van der Waals surface area (Å²) < 4.78 is 0. The van der Waals surface area contributed by atoms with Crippen molar-refractivity contribution in [1.29, 1.82) is 0 Å². The smallest absolute Gasteiger partial charge is 0.0244 e. The van der Waals surface area contributed by atoms with Crippen LogP contribution in [0.25, 0.3) is 0 Å². The molecule has 5 heteroatoms. The standard InChI is InChI=1S/C16H33N5/c1-18-5-3-15(4-6-18)21-9-7-20(8-10-21)13-14-11-16(12-14)19(2)17/h14-16H,3-13,17H2,1-2H3/t14-,16+. The minimum atomic E-state index is 0.635. The lowest BCUT2D eigenvalue weighted by Crippen LogP contribution is -2.55. The van der Waals surface area contributed by atoms with Crippen molar-refractivity contribution in [2.45, 2.75) is 37.8 Å². The van der Waals surface area contributed by atoms with Gasteiger partial charge in [-0.1, -0.05) is 0 Å². The molecule has 122 valence electrons. The van der Waals surface area contributed by atoms with Gasteiger partial charge in [0.2, 0.25) is 0 Å². The summed E-state index contributed by atoms with van der Waals surface area (Å²) >= 11 is 0. The zero-order chi connectivity index (χ0) is 14.8. The maximum Gasteiger partial charge on any atom is 0.0244 e. The topological polar surface area (TPSA) is 39.0 Å².